The highest BCUT2D eigenvalue weighted by molar-refractivity contribution is 5.10. The maximum atomic E-state index is 4.57. The predicted molar refractivity (Wildman–Crippen MR) is 77.1 cm³/mol. The molecule has 0 aromatic carbocycles. The molecule has 4 nitrogen and oxygen atoms in total. The van der Waals surface area contributed by atoms with E-state index in [9.17, 15) is 0 Å². The minimum atomic E-state index is 0.724. The zero-order valence-corrected chi connectivity index (χ0v) is 12.2. The Morgan fingerprint density at radius 3 is 3.00 bits per heavy atom. The van der Waals surface area contributed by atoms with E-state index in [1.54, 1.807) is 0 Å². The largest absolute Gasteiger partial charge is 0.312 e. The van der Waals surface area contributed by atoms with Gasteiger partial charge in [-0.2, -0.15) is 5.10 Å². The standard InChI is InChI=1S/C15H26N4/c1-3-19-13(10-12(2)17-19)11-18-9-5-7-15(18)14-6-4-8-16-14/h10,14-16H,3-9,11H2,1-2H3. The summed E-state index contributed by atoms with van der Waals surface area (Å²) in [6.45, 7) is 8.77. The number of hydrogen-bond donors (Lipinski definition) is 1. The Hall–Kier alpha value is -0.870. The van der Waals surface area contributed by atoms with E-state index in [0.29, 0.717) is 0 Å². The first-order valence-electron chi connectivity index (χ1n) is 7.78. The summed E-state index contributed by atoms with van der Waals surface area (Å²) in [6, 6.07) is 3.71. The van der Waals surface area contributed by atoms with Gasteiger partial charge in [0.25, 0.3) is 0 Å². The number of rotatable bonds is 4. The maximum Gasteiger partial charge on any atom is 0.0597 e. The summed E-state index contributed by atoms with van der Waals surface area (Å²) in [7, 11) is 0. The quantitative estimate of drug-likeness (QED) is 0.900. The summed E-state index contributed by atoms with van der Waals surface area (Å²) in [5, 5.41) is 8.25. The lowest BCUT2D eigenvalue weighted by Crippen LogP contribution is -2.43. The molecule has 0 spiro atoms. The van der Waals surface area contributed by atoms with Gasteiger partial charge in [0.05, 0.1) is 11.4 Å². The fourth-order valence-corrected chi connectivity index (χ4v) is 3.75. The molecule has 3 heterocycles. The molecule has 0 aliphatic carbocycles. The predicted octanol–water partition coefficient (Wildman–Crippen LogP) is 1.93. The highest BCUT2D eigenvalue weighted by Gasteiger charge is 2.33. The molecule has 1 aromatic heterocycles. The maximum absolute atomic E-state index is 4.57. The minimum absolute atomic E-state index is 0.724. The van der Waals surface area contributed by atoms with Crippen molar-refractivity contribution in [3.63, 3.8) is 0 Å². The lowest BCUT2D eigenvalue weighted by molar-refractivity contribution is 0.201. The van der Waals surface area contributed by atoms with Gasteiger partial charge in [-0.3, -0.25) is 9.58 Å². The van der Waals surface area contributed by atoms with Crippen molar-refractivity contribution in [2.45, 2.75) is 64.7 Å². The molecule has 106 valence electrons. The molecule has 0 amide bonds. The molecule has 2 unspecified atom stereocenters. The number of aromatic nitrogens is 2. The second-order valence-corrected chi connectivity index (χ2v) is 5.98. The normalized spacial score (nSPS) is 28.3. The van der Waals surface area contributed by atoms with Crippen LogP contribution in [0.3, 0.4) is 0 Å². The molecule has 2 atom stereocenters. The Morgan fingerprint density at radius 2 is 2.26 bits per heavy atom. The van der Waals surface area contributed by atoms with Crippen LogP contribution in [0.1, 0.15) is 44.0 Å². The van der Waals surface area contributed by atoms with Gasteiger partial charge in [-0.25, -0.2) is 0 Å². The summed E-state index contributed by atoms with van der Waals surface area (Å²) in [4.78, 5) is 2.67. The van der Waals surface area contributed by atoms with Gasteiger partial charge in [-0.1, -0.05) is 0 Å². The second-order valence-electron chi connectivity index (χ2n) is 5.98. The lowest BCUT2D eigenvalue weighted by atomic mass is 10.0. The van der Waals surface area contributed by atoms with Crippen molar-refractivity contribution in [1.82, 2.24) is 20.0 Å². The Bertz CT molecular complexity index is 420. The van der Waals surface area contributed by atoms with Crippen molar-refractivity contribution in [2.24, 2.45) is 0 Å². The first kappa shape index (κ1) is 13.1. The highest BCUT2D eigenvalue weighted by Crippen LogP contribution is 2.26. The van der Waals surface area contributed by atoms with E-state index >= 15 is 0 Å². The van der Waals surface area contributed by atoms with Crippen LogP contribution < -0.4 is 5.32 Å². The monoisotopic (exact) mass is 262 g/mol. The summed E-state index contributed by atoms with van der Waals surface area (Å²) in [5.74, 6) is 0. The van der Waals surface area contributed by atoms with Gasteiger partial charge >= 0.3 is 0 Å². The number of hydrogen-bond acceptors (Lipinski definition) is 3. The average Bonchev–Trinajstić information content (AvgIpc) is 3.09. The van der Waals surface area contributed by atoms with E-state index in [1.165, 1.54) is 44.5 Å². The molecule has 1 aromatic rings. The minimum Gasteiger partial charge on any atom is -0.312 e. The fourth-order valence-electron chi connectivity index (χ4n) is 3.75. The molecule has 3 rings (SSSR count). The Balaban J connectivity index is 1.70. The topological polar surface area (TPSA) is 33.1 Å². The van der Waals surface area contributed by atoms with Crippen molar-refractivity contribution in [1.29, 1.82) is 0 Å². The zero-order chi connectivity index (χ0) is 13.2. The molecule has 0 bridgehead atoms. The van der Waals surface area contributed by atoms with Crippen LogP contribution in [0.4, 0.5) is 0 Å². The van der Waals surface area contributed by atoms with Crippen LogP contribution in [0.15, 0.2) is 6.07 Å². The van der Waals surface area contributed by atoms with Gasteiger partial charge in [0.1, 0.15) is 0 Å². The fraction of sp³-hybridized carbons (Fsp3) is 0.800. The van der Waals surface area contributed by atoms with Crippen molar-refractivity contribution in [2.75, 3.05) is 13.1 Å². The van der Waals surface area contributed by atoms with Gasteiger partial charge in [-0.15, -0.1) is 0 Å². The zero-order valence-electron chi connectivity index (χ0n) is 12.2. The molecule has 1 N–H and O–H groups in total. The highest BCUT2D eigenvalue weighted by atomic mass is 15.3. The average molecular weight is 262 g/mol. The van der Waals surface area contributed by atoms with E-state index in [1.807, 2.05) is 0 Å². The Kier molecular flexibility index (Phi) is 3.89. The molecule has 19 heavy (non-hydrogen) atoms. The van der Waals surface area contributed by atoms with Crippen LogP contribution in [0.2, 0.25) is 0 Å². The molecule has 0 radical (unpaired) electrons. The van der Waals surface area contributed by atoms with E-state index in [-0.39, 0.29) is 0 Å². The third kappa shape index (κ3) is 2.70. The summed E-state index contributed by atoms with van der Waals surface area (Å²) in [6.07, 6.45) is 5.41. The van der Waals surface area contributed by atoms with E-state index in [4.69, 9.17) is 0 Å². The SMILES string of the molecule is CCn1nc(C)cc1CN1CCCC1C1CCCN1. The second kappa shape index (κ2) is 5.63. The number of nitrogens with one attached hydrogen (secondary N) is 1. The first-order valence-corrected chi connectivity index (χ1v) is 7.78. The Labute approximate surface area is 116 Å². The number of aryl methyl sites for hydroxylation is 2. The third-order valence-corrected chi connectivity index (χ3v) is 4.63. The molecule has 2 aliphatic rings. The van der Waals surface area contributed by atoms with Gasteiger partial charge in [0.15, 0.2) is 0 Å². The number of likely N-dealkylation sites (tertiary alicyclic amines) is 1. The summed E-state index contributed by atoms with van der Waals surface area (Å²) < 4.78 is 2.16. The van der Waals surface area contributed by atoms with Crippen LogP contribution in [0.25, 0.3) is 0 Å². The molecular weight excluding hydrogens is 236 g/mol. The van der Waals surface area contributed by atoms with Gasteiger partial charge in [0, 0.05) is 25.2 Å². The number of nitrogens with zero attached hydrogens (tertiary/aromatic N) is 3. The molecular formula is C15H26N4. The molecule has 2 aliphatic heterocycles. The summed E-state index contributed by atoms with van der Waals surface area (Å²) in [5.41, 5.74) is 2.52. The van der Waals surface area contributed by atoms with Crippen molar-refractivity contribution >= 4 is 0 Å². The van der Waals surface area contributed by atoms with Crippen molar-refractivity contribution in [3.8, 4) is 0 Å². The molecule has 2 fully saturated rings. The molecule has 2 saturated heterocycles. The van der Waals surface area contributed by atoms with E-state index in [0.717, 1.165) is 30.9 Å². The van der Waals surface area contributed by atoms with Crippen LogP contribution in [0, 0.1) is 6.92 Å². The first-order chi connectivity index (χ1) is 9.28. The van der Waals surface area contributed by atoms with E-state index < -0.39 is 0 Å². The molecule has 4 heteroatoms. The summed E-state index contributed by atoms with van der Waals surface area (Å²) >= 11 is 0. The van der Waals surface area contributed by atoms with Crippen molar-refractivity contribution < 1.29 is 0 Å². The Morgan fingerprint density at radius 1 is 1.37 bits per heavy atom. The smallest absolute Gasteiger partial charge is 0.0597 e. The van der Waals surface area contributed by atoms with Crippen LogP contribution >= 0.6 is 0 Å². The lowest BCUT2D eigenvalue weighted by Gasteiger charge is -2.29. The van der Waals surface area contributed by atoms with Crippen LogP contribution in [-0.4, -0.2) is 39.9 Å². The van der Waals surface area contributed by atoms with E-state index in [2.05, 4.69) is 39.9 Å². The van der Waals surface area contributed by atoms with Crippen LogP contribution in [0.5, 0.6) is 0 Å². The van der Waals surface area contributed by atoms with Crippen molar-refractivity contribution in [3.05, 3.63) is 17.5 Å². The molecule has 0 saturated carbocycles. The van der Waals surface area contributed by atoms with Crippen LogP contribution in [-0.2, 0) is 13.1 Å². The van der Waals surface area contributed by atoms with Gasteiger partial charge in [0.2, 0.25) is 0 Å². The van der Waals surface area contributed by atoms with Gasteiger partial charge in [-0.05, 0) is 58.7 Å². The van der Waals surface area contributed by atoms with Gasteiger partial charge < -0.3 is 5.32 Å². The third-order valence-electron chi connectivity index (χ3n) is 4.63.